The van der Waals surface area contributed by atoms with Crippen LogP contribution in [0.25, 0.3) is 10.6 Å². The summed E-state index contributed by atoms with van der Waals surface area (Å²) in [6, 6.07) is 0. The summed E-state index contributed by atoms with van der Waals surface area (Å²) in [4.78, 5) is 0.985. The van der Waals surface area contributed by atoms with E-state index in [0.29, 0.717) is 5.92 Å². The molecule has 15 heavy (non-hydrogen) atoms. The number of aryl methyl sites for hydroxylation is 2. The van der Waals surface area contributed by atoms with Crippen LogP contribution in [0.2, 0.25) is 0 Å². The second-order valence-electron chi connectivity index (χ2n) is 3.85. The molecule has 0 aromatic carbocycles. The molecule has 2 heterocycles. The zero-order valence-electron chi connectivity index (χ0n) is 9.24. The summed E-state index contributed by atoms with van der Waals surface area (Å²) in [6.45, 7) is 8.16. The zero-order valence-corrected chi connectivity index (χ0v) is 10.1. The topological polar surface area (TPSA) is 51.8 Å². The molecule has 2 aromatic rings. The van der Waals surface area contributed by atoms with E-state index in [2.05, 4.69) is 28.6 Å². The Hall–Kier alpha value is -1.23. The van der Waals surface area contributed by atoms with Crippen molar-refractivity contribution in [2.75, 3.05) is 0 Å². The van der Waals surface area contributed by atoms with E-state index in [4.69, 9.17) is 4.52 Å². The first-order valence-corrected chi connectivity index (χ1v) is 5.64. The van der Waals surface area contributed by atoms with Crippen molar-refractivity contribution in [2.45, 2.75) is 33.6 Å². The Balaban J connectivity index is 2.59. The van der Waals surface area contributed by atoms with Crippen molar-refractivity contribution < 1.29 is 4.52 Å². The summed E-state index contributed by atoms with van der Waals surface area (Å²) >= 11 is 1.35. The lowest BCUT2D eigenvalue weighted by molar-refractivity contribution is 0.427. The van der Waals surface area contributed by atoms with Gasteiger partial charge in [0.25, 0.3) is 0 Å². The van der Waals surface area contributed by atoms with Gasteiger partial charge in [-0.15, -0.1) is 5.10 Å². The van der Waals surface area contributed by atoms with Gasteiger partial charge in [0, 0.05) is 5.56 Å². The summed E-state index contributed by atoms with van der Waals surface area (Å²) in [5.41, 5.74) is 3.01. The molecule has 0 aliphatic carbocycles. The Morgan fingerprint density at radius 3 is 2.47 bits per heavy atom. The minimum Gasteiger partial charge on any atom is -0.355 e. The third-order valence-electron chi connectivity index (χ3n) is 2.34. The third-order valence-corrected chi connectivity index (χ3v) is 3.17. The largest absolute Gasteiger partial charge is 0.355 e. The predicted octanol–water partition coefficient (Wildman–Crippen LogP) is 2.93. The van der Waals surface area contributed by atoms with Crippen LogP contribution in [0.4, 0.5) is 0 Å². The molecule has 0 aliphatic heterocycles. The number of hydrogen-bond donors (Lipinski definition) is 0. The first-order valence-electron chi connectivity index (χ1n) is 4.86. The van der Waals surface area contributed by atoms with Gasteiger partial charge in [-0.05, 0) is 31.3 Å². The molecule has 0 amide bonds. The van der Waals surface area contributed by atoms with Gasteiger partial charge in [-0.25, -0.2) is 0 Å². The molecule has 0 saturated carbocycles. The molecule has 0 radical (unpaired) electrons. The minimum atomic E-state index is 0.396. The van der Waals surface area contributed by atoms with Crippen LogP contribution >= 0.6 is 11.5 Å². The van der Waals surface area contributed by atoms with Crippen LogP contribution in [0.1, 0.15) is 36.7 Å². The molecule has 0 spiro atoms. The van der Waals surface area contributed by atoms with Gasteiger partial charge in [0.1, 0.15) is 4.88 Å². The molecule has 0 bridgehead atoms. The summed E-state index contributed by atoms with van der Waals surface area (Å²) in [6.07, 6.45) is 0. The first-order chi connectivity index (χ1) is 7.11. The minimum absolute atomic E-state index is 0.396. The maximum atomic E-state index is 5.36. The van der Waals surface area contributed by atoms with Gasteiger partial charge in [-0.2, -0.15) is 0 Å². The van der Waals surface area contributed by atoms with Crippen LogP contribution in [0.5, 0.6) is 0 Å². The molecule has 0 atom stereocenters. The Kier molecular flexibility index (Phi) is 2.56. The van der Waals surface area contributed by atoms with Crippen molar-refractivity contribution in [3.05, 3.63) is 17.0 Å². The van der Waals surface area contributed by atoms with Crippen LogP contribution in [-0.4, -0.2) is 14.7 Å². The summed E-state index contributed by atoms with van der Waals surface area (Å²) in [7, 11) is 0. The highest BCUT2D eigenvalue weighted by atomic mass is 32.1. The fraction of sp³-hybridized carbons (Fsp3) is 0.500. The maximum Gasteiger partial charge on any atom is 0.184 e. The van der Waals surface area contributed by atoms with Gasteiger partial charge >= 0.3 is 0 Å². The molecule has 4 nitrogen and oxygen atoms in total. The number of hydrogen-bond acceptors (Lipinski definition) is 5. The molecule has 0 saturated heterocycles. The van der Waals surface area contributed by atoms with Crippen molar-refractivity contribution in [1.29, 1.82) is 0 Å². The Morgan fingerprint density at radius 1 is 1.20 bits per heavy atom. The van der Waals surface area contributed by atoms with Gasteiger partial charge in [0.05, 0.1) is 11.4 Å². The number of nitrogens with zero attached hydrogens (tertiary/aromatic N) is 3. The van der Waals surface area contributed by atoms with Crippen LogP contribution < -0.4 is 0 Å². The van der Waals surface area contributed by atoms with Gasteiger partial charge in [-0.1, -0.05) is 23.5 Å². The smallest absolute Gasteiger partial charge is 0.184 e. The lowest BCUT2D eigenvalue weighted by atomic mass is 10.0. The molecule has 80 valence electrons. The van der Waals surface area contributed by atoms with E-state index in [-0.39, 0.29) is 0 Å². The highest BCUT2D eigenvalue weighted by molar-refractivity contribution is 7.09. The van der Waals surface area contributed by atoms with Crippen LogP contribution in [0, 0.1) is 13.8 Å². The van der Waals surface area contributed by atoms with Gasteiger partial charge in [0.15, 0.2) is 5.76 Å². The van der Waals surface area contributed by atoms with Crippen LogP contribution in [-0.2, 0) is 0 Å². The maximum absolute atomic E-state index is 5.36. The Bertz CT molecular complexity index is 473. The summed E-state index contributed by atoms with van der Waals surface area (Å²) < 4.78 is 9.27. The Labute approximate surface area is 92.5 Å². The van der Waals surface area contributed by atoms with Crippen molar-refractivity contribution >= 4 is 11.5 Å². The van der Waals surface area contributed by atoms with Gasteiger partial charge in [-0.3, -0.25) is 0 Å². The first kappa shape index (κ1) is 10.3. The second-order valence-corrected chi connectivity index (χ2v) is 4.61. The quantitative estimate of drug-likeness (QED) is 0.785. The highest BCUT2D eigenvalue weighted by Gasteiger charge is 2.21. The molecular formula is C10H13N3OS. The molecule has 2 rings (SSSR count). The van der Waals surface area contributed by atoms with E-state index < -0.39 is 0 Å². The summed E-state index contributed by atoms with van der Waals surface area (Å²) in [5.74, 6) is 1.22. The average Bonchev–Trinajstić information content (AvgIpc) is 2.71. The molecule has 0 aliphatic rings. The lowest BCUT2D eigenvalue weighted by Gasteiger charge is -2.03. The standard InChI is InChI=1S/C10H13N3OS/c1-5(2)8-6(3)12-14-9(8)10-7(4)11-13-15-10/h5H,1-4H3. The zero-order chi connectivity index (χ0) is 11.0. The van der Waals surface area contributed by atoms with E-state index >= 15 is 0 Å². The van der Waals surface area contributed by atoms with E-state index in [1.54, 1.807) is 0 Å². The van der Waals surface area contributed by atoms with Crippen molar-refractivity contribution in [3.63, 3.8) is 0 Å². The number of rotatable bonds is 2. The summed E-state index contributed by atoms with van der Waals surface area (Å²) in [5, 5.41) is 7.99. The third kappa shape index (κ3) is 1.67. The molecule has 5 heteroatoms. The monoisotopic (exact) mass is 223 g/mol. The predicted molar refractivity (Wildman–Crippen MR) is 59.0 cm³/mol. The average molecular weight is 223 g/mol. The highest BCUT2D eigenvalue weighted by Crippen LogP contribution is 2.34. The SMILES string of the molecule is Cc1nnsc1-c1onc(C)c1C(C)C. The van der Waals surface area contributed by atoms with Crippen LogP contribution in [0.15, 0.2) is 4.52 Å². The van der Waals surface area contributed by atoms with E-state index in [1.807, 2.05) is 13.8 Å². The fourth-order valence-electron chi connectivity index (χ4n) is 1.66. The van der Waals surface area contributed by atoms with Crippen molar-refractivity contribution in [1.82, 2.24) is 14.7 Å². The van der Waals surface area contributed by atoms with E-state index in [0.717, 1.165) is 27.6 Å². The van der Waals surface area contributed by atoms with E-state index in [9.17, 15) is 0 Å². The molecule has 2 aromatic heterocycles. The van der Waals surface area contributed by atoms with Gasteiger partial charge < -0.3 is 4.52 Å². The number of aromatic nitrogens is 3. The lowest BCUT2D eigenvalue weighted by Crippen LogP contribution is -1.91. The second kappa shape index (κ2) is 3.73. The Morgan fingerprint density at radius 2 is 1.93 bits per heavy atom. The normalized spacial score (nSPS) is 11.3. The van der Waals surface area contributed by atoms with E-state index in [1.165, 1.54) is 11.5 Å². The molecular weight excluding hydrogens is 210 g/mol. The molecule has 0 fully saturated rings. The van der Waals surface area contributed by atoms with Crippen LogP contribution in [0.3, 0.4) is 0 Å². The fourth-order valence-corrected chi connectivity index (χ4v) is 2.31. The van der Waals surface area contributed by atoms with Gasteiger partial charge in [0.2, 0.25) is 0 Å². The molecule has 0 unspecified atom stereocenters. The molecule has 0 N–H and O–H groups in total. The van der Waals surface area contributed by atoms with Crippen molar-refractivity contribution in [2.24, 2.45) is 0 Å². The van der Waals surface area contributed by atoms with Crippen molar-refractivity contribution in [3.8, 4) is 10.6 Å².